The summed E-state index contributed by atoms with van der Waals surface area (Å²) in [4.78, 5) is 15.5. The third-order valence-electron chi connectivity index (χ3n) is 2.34. The number of halogens is 3. The molecule has 0 aliphatic carbocycles. The fourth-order valence-corrected chi connectivity index (χ4v) is 1.42. The van der Waals surface area contributed by atoms with E-state index in [4.69, 9.17) is 5.73 Å². The lowest BCUT2D eigenvalue weighted by Gasteiger charge is -2.08. The van der Waals surface area contributed by atoms with Crippen molar-refractivity contribution in [1.29, 1.82) is 0 Å². The Bertz CT molecular complexity index is 646. The van der Waals surface area contributed by atoms with E-state index in [1.807, 2.05) is 0 Å². The Labute approximate surface area is 106 Å². The Morgan fingerprint density at radius 2 is 1.84 bits per heavy atom. The summed E-state index contributed by atoms with van der Waals surface area (Å²) in [5, 5.41) is 2.09. The molecule has 0 radical (unpaired) electrons. The SMILES string of the molecule is Nc1ncccc1C(=O)Nc1cc(F)c(F)cc1F. The maximum atomic E-state index is 13.3. The van der Waals surface area contributed by atoms with Gasteiger partial charge in [-0.15, -0.1) is 0 Å². The van der Waals surface area contributed by atoms with Crippen LogP contribution in [0.2, 0.25) is 0 Å². The van der Waals surface area contributed by atoms with Crippen LogP contribution in [0.5, 0.6) is 0 Å². The second kappa shape index (κ2) is 4.97. The molecule has 0 saturated carbocycles. The van der Waals surface area contributed by atoms with Crippen LogP contribution in [0.4, 0.5) is 24.7 Å². The number of aromatic nitrogens is 1. The standard InChI is InChI=1S/C12H8F3N3O/c13-7-4-9(15)10(5-8(7)14)18-12(19)6-2-1-3-17-11(6)16/h1-5H,(H2,16,17)(H,18,19). The quantitative estimate of drug-likeness (QED) is 0.820. The van der Waals surface area contributed by atoms with Crippen LogP contribution in [0.25, 0.3) is 0 Å². The number of amides is 1. The number of carbonyl (C=O) groups is 1. The summed E-state index contributed by atoms with van der Waals surface area (Å²) < 4.78 is 39.0. The number of nitrogens with two attached hydrogens (primary N) is 1. The average molecular weight is 267 g/mol. The van der Waals surface area contributed by atoms with Gasteiger partial charge in [0.05, 0.1) is 11.3 Å². The van der Waals surface area contributed by atoms with Crippen LogP contribution < -0.4 is 11.1 Å². The molecule has 2 rings (SSSR count). The number of rotatable bonds is 2. The van der Waals surface area contributed by atoms with Gasteiger partial charge in [-0.25, -0.2) is 18.2 Å². The predicted octanol–water partition coefficient (Wildman–Crippen LogP) is 2.33. The highest BCUT2D eigenvalue weighted by Gasteiger charge is 2.15. The van der Waals surface area contributed by atoms with Crippen LogP contribution in [-0.2, 0) is 0 Å². The van der Waals surface area contributed by atoms with Gasteiger partial charge in [0.25, 0.3) is 5.91 Å². The van der Waals surface area contributed by atoms with Crippen molar-refractivity contribution in [2.75, 3.05) is 11.1 Å². The molecule has 0 unspecified atom stereocenters. The number of nitrogen functional groups attached to an aromatic ring is 1. The molecule has 2 aromatic rings. The van der Waals surface area contributed by atoms with Crippen LogP contribution in [0, 0.1) is 17.5 Å². The van der Waals surface area contributed by atoms with E-state index in [-0.39, 0.29) is 11.4 Å². The summed E-state index contributed by atoms with van der Waals surface area (Å²) >= 11 is 0. The van der Waals surface area contributed by atoms with Gasteiger partial charge in [-0.1, -0.05) is 0 Å². The first-order valence-electron chi connectivity index (χ1n) is 5.15. The van der Waals surface area contributed by atoms with Crippen LogP contribution in [0.15, 0.2) is 30.5 Å². The zero-order chi connectivity index (χ0) is 14.0. The minimum Gasteiger partial charge on any atom is -0.383 e. The number of nitrogens with zero attached hydrogens (tertiary/aromatic N) is 1. The molecule has 4 nitrogen and oxygen atoms in total. The number of hydrogen-bond acceptors (Lipinski definition) is 3. The Morgan fingerprint density at radius 3 is 2.53 bits per heavy atom. The molecule has 1 amide bonds. The van der Waals surface area contributed by atoms with Crippen molar-refractivity contribution >= 4 is 17.4 Å². The summed E-state index contributed by atoms with van der Waals surface area (Å²) in [6.07, 6.45) is 1.38. The summed E-state index contributed by atoms with van der Waals surface area (Å²) in [6, 6.07) is 3.73. The lowest BCUT2D eigenvalue weighted by molar-refractivity contribution is 0.102. The number of carbonyl (C=O) groups excluding carboxylic acids is 1. The van der Waals surface area contributed by atoms with Gasteiger partial charge in [0.1, 0.15) is 11.6 Å². The first kappa shape index (κ1) is 12.9. The molecule has 1 aromatic heterocycles. The minimum absolute atomic E-state index is 0.00614. The fraction of sp³-hybridized carbons (Fsp3) is 0. The van der Waals surface area contributed by atoms with Gasteiger partial charge in [0.2, 0.25) is 0 Å². The predicted molar refractivity (Wildman–Crippen MR) is 62.9 cm³/mol. The van der Waals surface area contributed by atoms with Crippen LogP contribution in [0.3, 0.4) is 0 Å². The second-order valence-corrected chi connectivity index (χ2v) is 3.64. The summed E-state index contributed by atoms with van der Waals surface area (Å²) in [5.41, 5.74) is 4.99. The van der Waals surface area contributed by atoms with E-state index >= 15 is 0 Å². The lowest BCUT2D eigenvalue weighted by atomic mass is 10.2. The molecule has 7 heteroatoms. The van der Waals surface area contributed by atoms with E-state index < -0.39 is 29.0 Å². The fourth-order valence-electron chi connectivity index (χ4n) is 1.42. The van der Waals surface area contributed by atoms with Gasteiger partial charge in [-0.05, 0) is 12.1 Å². The molecule has 0 bridgehead atoms. The number of nitrogens with one attached hydrogen (secondary N) is 1. The molecule has 0 atom stereocenters. The van der Waals surface area contributed by atoms with Crippen molar-refractivity contribution in [3.05, 3.63) is 53.5 Å². The zero-order valence-corrected chi connectivity index (χ0v) is 9.45. The van der Waals surface area contributed by atoms with E-state index in [0.29, 0.717) is 12.1 Å². The highest BCUT2D eigenvalue weighted by molar-refractivity contribution is 6.07. The van der Waals surface area contributed by atoms with Gasteiger partial charge < -0.3 is 11.1 Å². The average Bonchev–Trinajstić information content (AvgIpc) is 2.36. The van der Waals surface area contributed by atoms with Gasteiger partial charge in [0.15, 0.2) is 11.6 Å². The van der Waals surface area contributed by atoms with E-state index in [9.17, 15) is 18.0 Å². The molecular weight excluding hydrogens is 259 g/mol. The highest BCUT2D eigenvalue weighted by atomic mass is 19.2. The Morgan fingerprint density at radius 1 is 1.16 bits per heavy atom. The van der Waals surface area contributed by atoms with Crippen molar-refractivity contribution in [1.82, 2.24) is 4.98 Å². The molecule has 0 aliphatic rings. The largest absolute Gasteiger partial charge is 0.383 e. The zero-order valence-electron chi connectivity index (χ0n) is 9.45. The topological polar surface area (TPSA) is 68.0 Å². The molecule has 0 fully saturated rings. The van der Waals surface area contributed by atoms with E-state index in [2.05, 4.69) is 10.3 Å². The first-order valence-corrected chi connectivity index (χ1v) is 5.15. The van der Waals surface area contributed by atoms with Crippen molar-refractivity contribution in [3.8, 4) is 0 Å². The Balaban J connectivity index is 2.30. The second-order valence-electron chi connectivity index (χ2n) is 3.64. The van der Waals surface area contributed by atoms with Crippen LogP contribution in [-0.4, -0.2) is 10.9 Å². The molecule has 0 aliphatic heterocycles. The van der Waals surface area contributed by atoms with Crippen LogP contribution >= 0.6 is 0 Å². The lowest BCUT2D eigenvalue weighted by Crippen LogP contribution is -2.16. The molecule has 0 saturated heterocycles. The monoisotopic (exact) mass is 267 g/mol. The Hall–Kier alpha value is -2.57. The van der Waals surface area contributed by atoms with Gasteiger partial charge >= 0.3 is 0 Å². The van der Waals surface area contributed by atoms with Gasteiger partial charge in [-0.2, -0.15) is 0 Å². The smallest absolute Gasteiger partial charge is 0.259 e. The number of hydrogen-bond donors (Lipinski definition) is 2. The molecule has 0 spiro atoms. The van der Waals surface area contributed by atoms with Gasteiger partial charge in [0, 0.05) is 18.3 Å². The first-order chi connectivity index (χ1) is 8.99. The van der Waals surface area contributed by atoms with Crippen molar-refractivity contribution < 1.29 is 18.0 Å². The van der Waals surface area contributed by atoms with Crippen molar-refractivity contribution in [2.24, 2.45) is 0 Å². The highest BCUT2D eigenvalue weighted by Crippen LogP contribution is 2.19. The molecule has 98 valence electrons. The molecule has 3 N–H and O–H groups in total. The van der Waals surface area contributed by atoms with E-state index in [1.54, 1.807) is 0 Å². The third kappa shape index (κ3) is 2.65. The molecule has 1 aromatic carbocycles. The summed E-state index contributed by atoms with van der Waals surface area (Å²) in [5.74, 6) is -4.51. The number of anilines is 2. The maximum Gasteiger partial charge on any atom is 0.259 e. The minimum atomic E-state index is -1.34. The number of pyridine rings is 1. The van der Waals surface area contributed by atoms with E-state index in [1.165, 1.54) is 18.3 Å². The Kier molecular flexibility index (Phi) is 3.37. The normalized spacial score (nSPS) is 10.3. The van der Waals surface area contributed by atoms with Crippen molar-refractivity contribution in [2.45, 2.75) is 0 Å². The number of benzene rings is 1. The summed E-state index contributed by atoms with van der Waals surface area (Å²) in [6.45, 7) is 0. The maximum absolute atomic E-state index is 13.3. The van der Waals surface area contributed by atoms with Crippen LogP contribution in [0.1, 0.15) is 10.4 Å². The van der Waals surface area contributed by atoms with E-state index in [0.717, 1.165) is 0 Å². The third-order valence-corrected chi connectivity index (χ3v) is 2.34. The molecule has 1 heterocycles. The molecular formula is C12H8F3N3O. The van der Waals surface area contributed by atoms with Gasteiger partial charge in [-0.3, -0.25) is 4.79 Å². The van der Waals surface area contributed by atoms with Crippen molar-refractivity contribution in [3.63, 3.8) is 0 Å². The summed E-state index contributed by atoms with van der Waals surface area (Å²) in [7, 11) is 0. The molecule has 19 heavy (non-hydrogen) atoms.